The van der Waals surface area contributed by atoms with E-state index in [1.54, 1.807) is 0 Å². The molecule has 0 radical (unpaired) electrons. The number of rotatable bonds is 16. The Morgan fingerprint density at radius 1 is 0.500 bits per heavy atom. The number of nitrogens with zero attached hydrogens (tertiary/aromatic N) is 1. The van der Waals surface area contributed by atoms with Crippen molar-refractivity contribution in [3.63, 3.8) is 0 Å². The van der Waals surface area contributed by atoms with Crippen LogP contribution in [0, 0.1) is 0 Å². The summed E-state index contributed by atoms with van der Waals surface area (Å²) in [4.78, 5) is 24.1. The van der Waals surface area contributed by atoms with Gasteiger partial charge in [0.2, 0.25) is 0 Å². The fourth-order valence-electron chi connectivity index (χ4n) is 4.37. The molecule has 3 aromatic rings. The summed E-state index contributed by atoms with van der Waals surface area (Å²) < 4.78 is 23.4. The summed E-state index contributed by atoms with van der Waals surface area (Å²) in [5.74, 6) is -0.603. The van der Waals surface area contributed by atoms with Crippen LogP contribution in [0.4, 0.5) is 0 Å². The first kappa shape index (κ1) is 27.4. The molecule has 0 atom stereocenters. The first-order valence-corrected chi connectivity index (χ1v) is 12.8. The molecule has 2 amide bonds. The summed E-state index contributed by atoms with van der Waals surface area (Å²) in [6.07, 6.45) is 2.53. The lowest BCUT2D eigenvalue weighted by molar-refractivity contribution is -0.137. The number of ether oxygens (including phenoxy) is 4. The molecule has 0 unspecified atom stereocenters. The van der Waals surface area contributed by atoms with Gasteiger partial charge in [0.15, 0.2) is 0 Å². The number of hydrogen-bond donors (Lipinski definition) is 0. The predicted molar refractivity (Wildman–Crippen MR) is 143 cm³/mol. The predicted octanol–water partition coefficient (Wildman–Crippen LogP) is 3.97. The van der Waals surface area contributed by atoms with Crippen molar-refractivity contribution in [2.45, 2.75) is 5.60 Å². The van der Waals surface area contributed by atoms with E-state index in [0.29, 0.717) is 39.6 Å². The Labute approximate surface area is 223 Å². The summed E-state index contributed by atoms with van der Waals surface area (Å²) in [6.45, 7) is 2.97. The van der Waals surface area contributed by atoms with Gasteiger partial charge in [0.05, 0.1) is 52.8 Å². The number of amides is 2. The molecular weight excluding hydrogens is 482 g/mol. The normalized spacial score (nSPS) is 13.4. The lowest BCUT2D eigenvalue weighted by atomic mass is 9.80. The number of benzene rings is 3. The van der Waals surface area contributed by atoms with Crippen molar-refractivity contribution in [2.75, 3.05) is 52.8 Å². The molecule has 1 aliphatic rings. The summed E-state index contributed by atoms with van der Waals surface area (Å²) in [5.41, 5.74) is 2.39. The summed E-state index contributed by atoms with van der Waals surface area (Å²) in [5, 5.41) is 0. The van der Waals surface area contributed by atoms with Crippen LogP contribution in [0.5, 0.6) is 0 Å². The van der Waals surface area contributed by atoms with Gasteiger partial charge in [-0.1, -0.05) is 91.0 Å². The maximum atomic E-state index is 11.5. The van der Waals surface area contributed by atoms with E-state index >= 15 is 0 Å². The van der Waals surface area contributed by atoms with Gasteiger partial charge in [-0.3, -0.25) is 14.5 Å². The third-order valence-electron chi connectivity index (χ3n) is 6.19. The van der Waals surface area contributed by atoms with Crippen molar-refractivity contribution in [1.82, 2.24) is 4.90 Å². The topological polar surface area (TPSA) is 74.3 Å². The van der Waals surface area contributed by atoms with Gasteiger partial charge < -0.3 is 18.9 Å². The van der Waals surface area contributed by atoms with Gasteiger partial charge in [-0.25, -0.2) is 0 Å². The maximum absolute atomic E-state index is 11.5. The van der Waals surface area contributed by atoms with Crippen molar-refractivity contribution >= 4 is 11.8 Å². The molecule has 4 rings (SSSR count). The SMILES string of the molecule is O=C1C=CC(=O)N1CCOCCOCCOCCOC(c1ccccc1)(c1ccccc1)c1ccccc1. The monoisotopic (exact) mass is 515 g/mol. The van der Waals surface area contributed by atoms with Crippen molar-refractivity contribution in [1.29, 1.82) is 0 Å². The van der Waals surface area contributed by atoms with Gasteiger partial charge in [-0.2, -0.15) is 0 Å². The maximum Gasteiger partial charge on any atom is 0.253 e. The molecule has 0 N–H and O–H groups in total. The Hall–Kier alpha value is -3.62. The highest BCUT2D eigenvalue weighted by Gasteiger charge is 2.37. The minimum atomic E-state index is -0.763. The Kier molecular flexibility index (Phi) is 10.4. The van der Waals surface area contributed by atoms with E-state index in [2.05, 4.69) is 36.4 Å². The molecular formula is C31H33NO6. The van der Waals surface area contributed by atoms with Gasteiger partial charge in [0.1, 0.15) is 5.60 Å². The molecule has 0 saturated heterocycles. The molecule has 38 heavy (non-hydrogen) atoms. The quantitative estimate of drug-likeness (QED) is 0.163. The van der Waals surface area contributed by atoms with E-state index in [4.69, 9.17) is 18.9 Å². The van der Waals surface area contributed by atoms with Crippen LogP contribution < -0.4 is 0 Å². The zero-order valence-corrected chi connectivity index (χ0v) is 21.4. The Morgan fingerprint density at radius 3 is 1.29 bits per heavy atom. The van der Waals surface area contributed by atoms with E-state index in [1.165, 1.54) is 12.2 Å². The second kappa shape index (κ2) is 14.4. The number of imide groups is 1. The standard InChI is InChI=1S/C31H33NO6/c33-29-16-17-30(34)32(29)18-19-35-20-21-36-22-23-37-24-25-38-31(26-10-4-1-5-11-26,27-12-6-2-7-13-27)28-14-8-3-9-15-28/h1-17H,18-25H2. The van der Waals surface area contributed by atoms with Crippen molar-refractivity contribution in [3.8, 4) is 0 Å². The highest BCUT2D eigenvalue weighted by atomic mass is 16.6. The zero-order valence-electron chi connectivity index (χ0n) is 21.4. The molecule has 1 aliphatic heterocycles. The molecule has 0 fully saturated rings. The van der Waals surface area contributed by atoms with Crippen LogP contribution in [0.15, 0.2) is 103 Å². The minimum Gasteiger partial charge on any atom is -0.377 e. The van der Waals surface area contributed by atoms with Crippen LogP contribution in [0.2, 0.25) is 0 Å². The molecule has 1 heterocycles. The van der Waals surface area contributed by atoms with Gasteiger partial charge in [0, 0.05) is 12.2 Å². The third-order valence-corrected chi connectivity index (χ3v) is 6.19. The molecule has 198 valence electrons. The zero-order chi connectivity index (χ0) is 26.5. The molecule has 0 spiro atoms. The van der Waals surface area contributed by atoms with E-state index < -0.39 is 5.60 Å². The molecule has 0 aromatic heterocycles. The number of carbonyl (C=O) groups is 2. The summed E-state index contributed by atoms with van der Waals surface area (Å²) in [7, 11) is 0. The fraction of sp³-hybridized carbons (Fsp3) is 0.290. The Bertz CT molecular complexity index is 1050. The van der Waals surface area contributed by atoms with Crippen molar-refractivity contribution in [2.24, 2.45) is 0 Å². The smallest absolute Gasteiger partial charge is 0.253 e. The summed E-state index contributed by atoms with van der Waals surface area (Å²) in [6, 6.07) is 30.7. The van der Waals surface area contributed by atoms with Crippen LogP contribution >= 0.6 is 0 Å². The van der Waals surface area contributed by atoms with Crippen LogP contribution in [0.25, 0.3) is 0 Å². The van der Waals surface area contributed by atoms with Crippen LogP contribution in [-0.2, 0) is 34.1 Å². The molecule has 3 aromatic carbocycles. The average molecular weight is 516 g/mol. The minimum absolute atomic E-state index is 0.240. The molecule has 0 bridgehead atoms. The van der Waals surface area contributed by atoms with E-state index in [0.717, 1.165) is 21.6 Å². The van der Waals surface area contributed by atoms with Gasteiger partial charge in [-0.05, 0) is 16.7 Å². The Balaban J connectivity index is 1.21. The lowest BCUT2D eigenvalue weighted by Crippen LogP contribution is -2.34. The molecule has 0 aliphatic carbocycles. The van der Waals surface area contributed by atoms with Crippen LogP contribution in [-0.4, -0.2) is 69.5 Å². The highest BCUT2D eigenvalue weighted by Crippen LogP contribution is 2.40. The Morgan fingerprint density at radius 2 is 0.868 bits per heavy atom. The first-order valence-electron chi connectivity index (χ1n) is 12.8. The van der Waals surface area contributed by atoms with Crippen LogP contribution in [0.1, 0.15) is 16.7 Å². The van der Waals surface area contributed by atoms with Crippen molar-refractivity contribution in [3.05, 3.63) is 120 Å². The van der Waals surface area contributed by atoms with Gasteiger partial charge >= 0.3 is 0 Å². The second-order valence-electron chi connectivity index (χ2n) is 8.63. The van der Waals surface area contributed by atoms with Crippen LogP contribution in [0.3, 0.4) is 0 Å². The van der Waals surface area contributed by atoms with Gasteiger partial charge in [0.25, 0.3) is 11.8 Å². The highest BCUT2D eigenvalue weighted by molar-refractivity contribution is 6.12. The van der Waals surface area contributed by atoms with Crippen molar-refractivity contribution < 1.29 is 28.5 Å². The van der Waals surface area contributed by atoms with E-state index in [-0.39, 0.29) is 25.0 Å². The third kappa shape index (κ3) is 7.02. The number of carbonyl (C=O) groups excluding carboxylic acids is 2. The molecule has 0 saturated carbocycles. The average Bonchev–Trinajstić information content (AvgIpc) is 3.29. The van der Waals surface area contributed by atoms with E-state index in [1.807, 2.05) is 54.6 Å². The first-order chi connectivity index (χ1) is 18.7. The molecule has 7 heteroatoms. The largest absolute Gasteiger partial charge is 0.377 e. The number of hydrogen-bond acceptors (Lipinski definition) is 6. The summed E-state index contributed by atoms with van der Waals surface area (Å²) >= 11 is 0. The fourth-order valence-corrected chi connectivity index (χ4v) is 4.37. The lowest BCUT2D eigenvalue weighted by Gasteiger charge is -2.36. The molecule has 7 nitrogen and oxygen atoms in total. The second-order valence-corrected chi connectivity index (χ2v) is 8.63. The van der Waals surface area contributed by atoms with Gasteiger partial charge in [-0.15, -0.1) is 0 Å². The van der Waals surface area contributed by atoms with E-state index in [9.17, 15) is 9.59 Å².